The van der Waals surface area contributed by atoms with Gasteiger partial charge in [-0.15, -0.1) is 0 Å². The quantitative estimate of drug-likeness (QED) is 0.820. The van der Waals surface area contributed by atoms with Gasteiger partial charge in [0, 0.05) is 19.9 Å². The highest BCUT2D eigenvalue weighted by Gasteiger charge is 2.36. The summed E-state index contributed by atoms with van der Waals surface area (Å²) in [4.78, 5) is 4.61. The normalized spacial score (nSPS) is 18.4. The van der Waals surface area contributed by atoms with Gasteiger partial charge in [-0.25, -0.2) is 4.98 Å². The molecule has 4 heteroatoms. The average Bonchev–Trinajstić information content (AvgIpc) is 2.53. The summed E-state index contributed by atoms with van der Waals surface area (Å²) >= 11 is 0. The summed E-state index contributed by atoms with van der Waals surface area (Å²) in [6.07, 6.45) is 6.89. The number of aryl methyl sites for hydroxylation is 2. The van der Waals surface area contributed by atoms with Gasteiger partial charge in [0.2, 0.25) is 0 Å². The predicted octanol–water partition coefficient (Wildman–Crippen LogP) is 1.44. The topological polar surface area (TPSA) is 56.7 Å². The summed E-state index contributed by atoms with van der Waals surface area (Å²) in [5.74, 6) is 2.08. The first kappa shape index (κ1) is 11.6. The van der Waals surface area contributed by atoms with Crippen LogP contribution in [0, 0.1) is 5.41 Å². The Kier molecular flexibility index (Phi) is 3.28. The molecule has 1 saturated carbocycles. The first-order valence-electron chi connectivity index (χ1n) is 6.28. The van der Waals surface area contributed by atoms with E-state index in [0.717, 1.165) is 37.5 Å². The Hall–Kier alpha value is -0.900. The Bertz CT molecular complexity index is 346. The molecule has 0 aliphatic heterocycles. The van der Waals surface area contributed by atoms with Crippen LogP contribution in [0.4, 0.5) is 0 Å². The first-order chi connectivity index (χ1) is 7.69. The van der Waals surface area contributed by atoms with E-state index in [0.29, 0.717) is 5.41 Å². The van der Waals surface area contributed by atoms with Gasteiger partial charge in [-0.2, -0.15) is 5.10 Å². The zero-order valence-electron chi connectivity index (χ0n) is 10.4. The molecule has 0 unspecified atom stereocenters. The number of nitrogens with zero attached hydrogens (tertiary/aromatic N) is 3. The van der Waals surface area contributed by atoms with E-state index >= 15 is 0 Å². The van der Waals surface area contributed by atoms with Gasteiger partial charge in [0.05, 0.1) is 0 Å². The summed E-state index contributed by atoms with van der Waals surface area (Å²) in [5.41, 5.74) is 6.20. The van der Waals surface area contributed by atoms with Gasteiger partial charge >= 0.3 is 0 Å². The summed E-state index contributed by atoms with van der Waals surface area (Å²) < 4.78 is 1.93. The molecule has 2 rings (SSSR count). The van der Waals surface area contributed by atoms with E-state index in [1.807, 2.05) is 11.7 Å². The minimum atomic E-state index is 0.324. The molecular weight excluding hydrogens is 200 g/mol. The predicted molar refractivity (Wildman–Crippen MR) is 64.0 cm³/mol. The highest BCUT2D eigenvalue weighted by Crippen LogP contribution is 2.42. The lowest BCUT2D eigenvalue weighted by Crippen LogP contribution is -2.39. The highest BCUT2D eigenvalue weighted by molar-refractivity contribution is 5.01. The Labute approximate surface area is 97.2 Å². The zero-order chi connectivity index (χ0) is 11.6. The summed E-state index contributed by atoms with van der Waals surface area (Å²) in [5, 5.41) is 4.44. The van der Waals surface area contributed by atoms with Crippen molar-refractivity contribution in [3.8, 4) is 0 Å². The van der Waals surface area contributed by atoms with Crippen molar-refractivity contribution in [3.63, 3.8) is 0 Å². The molecule has 0 amide bonds. The van der Waals surface area contributed by atoms with E-state index in [4.69, 9.17) is 5.73 Å². The average molecular weight is 222 g/mol. The lowest BCUT2D eigenvalue weighted by molar-refractivity contribution is 0.140. The second-order valence-electron chi connectivity index (χ2n) is 5.05. The maximum atomic E-state index is 5.87. The molecule has 1 fully saturated rings. The van der Waals surface area contributed by atoms with Gasteiger partial charge in [0.15, 0.2) is 5.82 Å². The van der Waals surface area contributed by atoms with Crippen molar-refractivity contribution in [2.75, 3.05) is 6.54 Å². The number of rotatable bonds is 5. The molecule has 4 nitrogen and oxygen atoms in total. The van der Waals surface area contributed by atoms with Crippen molar-refractivity contribution < 1.29 is 0 Å². The van der Waals surface area contributed by atoms with Crippen LogP contribution in [-0.4, -0.2) is 21.3 Å². The molecule has 1 aliphatic rings. The van der Waals surface area contributed by atoms with Crippen LogP contribution >= 0.6 is 0 Å². The van der Waals surface area contributed by atoms with Gasteiger partial charge in [0.25, 0.3) is 0 Å². The van der Waals surface area contributed by atoms with Crippen molar-refractivity contribution in [2.24, 2.45) is 18.2 Å². The fourth-order valence-corrected chi connectivity index (χ4v) is 2.42. The highest BCUT2D eigenvalue weighted by atomic mass is 15.3. The maximum absolute atomic E-state index is 5.87. The molecule has 2 N–H and O–H groups in total. The van der Waals surface area contributed by atoms with Gasteiger partial charge in [-0.05, 0) is 31.2 Å². The third kappa shape index (κ3) is 2.12. The molecule has 1 aromatic heterocycles. The van der Waals surface area contributed by atoms with E-state index < -0.39 is 0 Å². The lowest BCUT2D eigenvalue weighted by Gasteiger charge is -2.40. The molecule has 0 spiro atoms. The smallest absolute Gasteiger partial charge is 0.150 e. The third-order valence-electron chi connectivity index (χ3n) is 3.75. The molecule has 0 aromatic carbocycles. The van der Waals surface area contributed by atoms with E-state index in [9.17, 15) is 0 Å². The molecule has 1 aliphatic carbocycles. The van der Waals surface area contributed by atoms with Crippen LogP contribution in [0.25, 0.3) is 0 Å². The van der Waals surface area contributed by atoms with Crippen molar-refractivity contribution in [3.05, 3.63) is 11.6 Å². The molecule has 1 aromatic rings. The molecule has 0 saturated heterocycles. The van der Waals surface area contributed by atoms with Crippen molar-refractivity contribution in [1.29, 1.82) is 0 Å². The molecule has 0 radical (unpaired) electrons. The fraction of sp³-hybridized carbons (Fsp3) is 0.833. The summed E-state index contributed by atoms with van der Waals surface area (Å²) in [6.45, 7) is 2.94. The van der Waals surface area contributed by atoms with Crippen LogP contribution in [0.2, 0.25) is 0 Å². The van der Waals surface area contributed by atoms with Gasteiger partial charge < -0.3 is 5.73 Å². The Morgan fingerprint density at radius 2 is 2.19 bits per heavy atom. The van der Waals surface area contributed by atoms with Gasteiger partial charge in [-0.1, -0.05) is 13.3 Å². The lowest BCUT2D eigenvalue weighted by atomic mass is 9.66. The monoisotopic (exact) mass is 222 g/mol. The van der Waals surface area contributed by atoms with Crippen LogP contribution in [0.15, 0.2) is 0 Å². The fourth-order valence-electron chi connectivity index (χ4n) is 2.42. The number of hydrogen-bond donors (Lipinski definition) is 1. The van der Waals surface area contributed by atoms with E-state index in [1.54, 1.807) is 0 Å². The zero-order valence-corrected chi connectivity index (χ0v) is 10.4. The second kappa shape index (κ2) is 4.53. The summed E-state index contributed by atoms with van der Waals surface area (Å²) in [7, 11) is 1.99. The van der Waals surface area contributed by atoms with Crippen molar-refractivity contribution in [1.82, 2.24) is 14.8 Å². The largest absolute Gasteiger partial charge is 0.330 e. The van der Waals surface area contributed by atoms with Crippen molar-refractivity contribution in [2.45, 2.75) is 45.4 Å². The van der Waals surface area contributed by atoms with E-state index in [2.05, 4.69) is 17.0 Å². The van der Waals surface area contributed by atoms with Crippen LogP contribution in [0.1, 0.15) is 44.3 Å². The van der Waals surface area contributed by atoms with Crippen LogP contribution in [-0.2, 0) is 19.9 Å². The van der Waals surface area contributed by atoms with E-state index in [-0.39, 0.29) is 0 Å². The number of aromatic nitrogens is 3. The molecule has 0 bridgehead atoms. The summed E-state index contributed by atoms with van der Waals surface area (Å²) in [6, 6.07) is 0. The van der Waals surface area contributed by atoms with Gasteiger partial charge in [0.1, 0.15) is 5.82 Å². The number of hydrogen-bond acceptors (Lipinski definition) is 3. The Morgan fingerprint density at radius 1 is 1.44 bits per heavy atom. The van der Waals surface area contributed by atoms with Crippen LogP contribution in [0.5, 0.6) is 0 Å². The van der Waals surface area contributed by atoms with Crippen molar-refractivity contribution >= 4 is 0 Å². The SMILES string of the molecule is CCCc1nc(CC2(CN)CCC2)n(C)n1. The molecular formula is C12H22N4. The Morgan fingerprint density at radius 3 is 2.69 bits per heavy atom. The Balaban J connectivity index is 2.08. The maximum Gasteiger partial charge on any atom is 0.150 e. The minimum absolute atomic E-state index is 0.324. The first-order valence-corrected chi connectivity index (χ1v) is 6.28. The molecule has 90 valence electrons. The molecule has 16 heavy (non-hydrogen) atoms. The molecule has 1 heterocycles. The standard InChI is InChI=1S/C12H22N4/c1-3-5-10-14-11(16(2)15-10)8-12(9-13)6-4-7-12/h3-9,13H2,1-2H3. The van der Waals surface area contributed by atoms with E-state index in [1.165, 1.54) is 19.3 Å². The van der Waals surface area contributed by atoms with Gasteiger partial charge in [-0.3, -0.25) is 4.68 Å². The van der Waals surface area contributed by atoms with Crippen LogP contribution in [0.3, 0.4) is 0 Å². The number of nitrogens with two attached hydrogens (primary N) is 1. The molecule has 0 atom stereocenters. The van der Waals surface area contributed by atoms with Crippen LogP contribution < -0.4 is 5.73 Å². The minimum Gasteiger partial charge on any atom is -0.330 e. The third-order valence-corrected chi connectivity index (χ3v) is 3.75. The second-order valence-corrected chi connectivity index (χ2v) is 5.05.